The number of nitrogens with zero attached hydrogens (tertiary/aromatic N) is 6. The predicted molar refractivity (Wildman–Crippen MR) is 120 cm³/mol. The van der Waals surface area contributed by atoms with Gasteiger partial charge in [0, 0.05) is 49.2 Å². The molecule has 3 heterocycles. The topological polar surface area (TPSA) is 96.2 Å². The Balaban J connectivity index is 1.38. The van der Waals surface area contributed by atoms with E-state index in [-0.39, 0.29) is 18.0 Å². The number of benzene rings is 1. The van der Waals surface area contributed by atoms with Gasteiger partial charge in [0.15, 0.2) is 0 Å². The van der Waals surface area contributed by atoms with Crippen LogP contribution in [0.3, 0.4) is 0 Å². The SMILES string of the molecule is Cc1ncn(CC(=O)Nc2cc(N3CCN(c4ccccc4)CC3)ncn2)c(=O)c1C. The van der Waals surface area contributed by atoms with Crippen LogP contribution >= 0.6 is 0 Å². The fraction of sp³-hybridized carbons (Fsp3) is 0.318. The maximum Gasteiger partial charge on any atom is 0.256 e. The fourth-order valence-electron chi connectivity index (χ4n) is 3.55. The molecule has 1 amide bonds. The van der Waals surface area contributed by atoms with Crippen molar-refractivity contribution in [3.8, 4) is 0 Å². The summed E-state index contributed by atoms with van der Waals surface area (Å²) in [5.74, 6) is 0.832. The monoisotopic (exact) mass is 419 g/mol. The lowest BCUT2D eigenvalue weighted by molar-refractivity contribution is -0.116. The van der Waals surface area contributed by atoms with Gasteiger partial charge in [0.25, 0.3) is 5.56 Å². The van der Waals surface area contributed by atoms with Crippen LogP contribution in [0.15, 0.2) is 53.8 Å². The lowest BCUT2D eigenvalue weighted by atomic mass is 10.2. The van der Waals surface area contributed by atoms with E-state index < -0.39 is 0 Å². The zero-order valence-corrected chi connectivity index (χ0v) is 17.7. The van der Waals surface area contributed by atoms with E-state index in [0.717, 1.165) is 32.0 Å². The van der Waals surface area contributed by atoms with E-state index in [2.05, 4.69) is 42.2 Å². The van der Waals surface area contributed by atoms with E-state index in [4.69, 9.17) is 0 Å². The number of carbonyl (C=O) groups excluding carboxylic acids is 1. The van der Waals surface area contributed by atoms with Crippen LogP contribution in [0.25, 0.3) is 0 Å². The van der Waals surface area contributed by atoms with Crippen molar-refractivity contribution in [3.05, 3.63) is 70.7 Å². The molecule has 0 radical (unpaired) electrons. The van der Waals surface area contributed by atoms with Crippen LogP contribution in [0, 0.1) is 13.8 Å². The lowest BCUT2D eigenvalue weighted by Gasteiger charge is -2.36. The number of carbonyl (C=O) groups is 1. The molecule has 31 heavy (non-hydrogen) atoms. The Kier molecular flexibility index (Phi) is 5.92. The van der Waals surface area contributed by atoms with Crippen molar-refractivity contribution in [2.24, 2.45) is 0 Å². The fourth-order valence-corrected chi connectivity index (χ4v) is 3.55. The maximum atomic E-state index is 12.4. The first-order valence-electron chi connectivity index (χ1n) is 10.2. The van der Waals surface area contributed by atoms with Gasteiger partial charge in [0.05, 0.1) is 6.33 Å². The van der Waals surface area contributed by atoms with Gasteiger partial charge in [-0.3, -0.25) is 14.2 Å². The second kappa shape index (κ2) is 8.95. The first-order valence-corrected chi connectivity index (χ1v) is 10.2. The van der Waals surface area contributed by atoms with Gasteiger partial charge >= 0.3 is 0 Å². The molecule has 1 aliphatic rings. The Hall–Kier alpha value is -3.75. The van der Waals surface area contributed by atoms with Gasteiger partial charge in [-0.2, -0.15) is 0 Å². The molecular weight excluding hydrogens is 394 g/mol. The number of amides is 1. The van der Waals surface area contributed by atoms with Crippen LogP contribution in [0.4, 0.5) is 17.3 Å². The first-order chi connectivity index (χ1) is 15.0. The highest BCUT2D eigenvalue weighted by atomic mass is 16.2. The summed E-state index contributed by atoms with van der Waals surface area (Å²) in [6.07, 6.45) is 2.83. The van der Waals surface area contributed by atoms with Crippen molar-refractivity contribution in [1.29, 1.82) is 0 Å². The highest BCUT2D eigenvalue weighted by Gasteiger charge is 2.19. The van der Waals surface area contributed by atoms with Gasteiger partial charge in [-0.05, 0) is 26.0 Å². The Morgan fingerprint density at radius 2 is 1.71 bits per heavy atom. The average Bonchev–Trinajstić information content (AvgIpc) is 2.80. The molecule has 4 rings (SSSR count). The number of aryl methyl sites for hydroxylation is 1. The van der Waals surface area contributed by atoms with Gasteiger partial charge in [-0.25, -0.2) is 15.0 Å². The molecule has 0 aliphatic carbocycles. The highest BCUT2D eigenvalue weighted by Crippen LogP contribution is 2.20. The zero-order chi connectivity index (χ0) is 21.8. The molecule has 2 aromatic heterocycles. The molecule has 3 aromatic rings. The van der Waals surface area contributed by atoms with Crippen molar-refractivity contribution in [2.45, 2.75) is 20.4 Å². The molecule has 0 spiro atoms. The number of aromatic nitrogens is 4. The Labute approximate surface area is 180 Å². The first kappa shape index (κ1) is 20.5. The quantitative estimate of drug-likeness (QED) is 0.671. The summed E-state index contributed by atoms with van der Waals surface area (Å²) in [5.41, 5.74) is 2.19. The molecule has 0 unspecified atom stereocenters. The summed E-state index contributed by atoms with van der Waals surface area (Å²) in [5, 5.41) is 2.75. The third-order valence-electron chi connectivity index (χ3n) is 5.47. The summed E-state index contributed by atoms with van der Waals surface area (Å²) in [4.78, 5) is 41.9. The Morgan fingerprint density at radius 3 is 2.45 bits per heavy atom. The van der Waals surface area contributed by atoms with Gasteiger partial charge in [-0.1, -0.05) is 18.2 Å². The molecule has 1 fully saturated rings. The maximum absolute atomic E-state index is 12.4. The number of piperazine rings is 1. The van der Waals surface area contributed by atoms with Gasteiger partial charge < -0.3 is 15.1 Å². The van der Waals surface area contributed by atoms with Crippen LogP contribution < -0.4 is 20.7 Å². The Bertz CT molecular complexity index is 1120. The minimum Gasteiger partial charge on any atom is -0.368 e. The molecule has 160 valence electrons. The van der Waals surface area contributed by atoms with Crippen LogP contribution in [-0.4, -0.2) is 51.6 Å². The number of hydrogen-bond donors (Lipinski definition) is 1. The number of rotatable bonds is 5. The summed E-state index contributed by atoms with van der Waals surface area (Å²) in [7, 11) is 0. The van der Waals surface area contributed by atoms with Crippen LogP contribution in [0.2, 0.25) is 0 Å². The molecule has 0 saturated carbocycles. The van der Waals surface area contributed by atoms with E-state index >= 15 is 0 Å². The van der Waals surface area contributed by atoms with E-state index in [1.54, 1.807) is 19.9 Å². The van der Waals surface area contributed by atoms with Crippen LogP contribution in [-0.2, 0) is 11.3 Å². The lowest BCUT2D eigenvalue weighted by Crippen LogP contribution is -2.46. The van der Waals surface area contributed by atoms with Crippen molar-refractivity contribution < 1.29 is 4.79 Å². The minimum atomic E-state index is -0.342. The normalized spacial score (nSPS) is 13.9. The molecule has 1 aromatic carbocycles. The Morgan fingerprint density at radius 1 is 1.00 bits per heavy atom. The molecule has 9 nitrogen and oxygen atoms in total. The molecule has 1 saturated heterocycles. The standard InChI is InChI=1S/C22H25N7O2/c1-16-17(2)25-15-29(22(16)31)13-21(30)26-19-12-20(24-14-23-19)28-10-8-27(9-11-28)18-6-4-3-5-7-18/h3-7,12,14-15H,8-11,13H2,1-2H3,(H,23,24,26,30). The summed E-state index contributed by atoms with van der Waals surface area (Å²) in [6.45, 7) is 6.77. The molecule has 1 N–H and O–H groups in total. The predicted octanol–water partition coefficient (Wildman–Crippen LogP) is 1.62. The number of para-hydroxylation sites is 1. The third kappa shape index (κ3) is 4.71. The highest BCUT2D eigenvalue weighted by molar-refractivity contribution is 5.89. The molecule has 0 atom stereocenters. The van der Waals surface area contributed by atoms with Crippen molar-refractivity contribution >= 4 is 23.2 Å². The van der Waals surface area contributed by atoms with E-state index in [0.29, 0.717) is 17.1 Å². The van der Waals surface area contributed by atoms with Crippen LogP contribution in [0.5, 0.6) is 0 Å². The van der Waals surface area contributed by atoms with Crippen molar-refractivity contribution in [1.82, 2.24) is 19.5 Å². The molecule has 0 bridgehead atoms. The number of anilines is 3. The molecule has 1 aliphatic heterocycles. The molecular formula is C22H25N7O2. The van der Waals surface area contributed by atoms with E-state index in [1.807, 2.05) is 18.2 Å². The van der Waals surface area contributed by atoms with Crippen molar-refractivity contribution in [3.63, 3.8) is 0 Å². The third-order valence-corrected chi connectivity index (χ3v) is 5.47. The van der Waals surface area contributed by atoms with E-state index in [1.165, 1.54) is 22.9 Å². The van der Waals surface area contributed by atoms with Gasteiger partial charge in [0.1, 0.15) is 24.5 Å². The number of nitrogens with one attached hydrogen (secondary N) is 1. The second-order valence-electron chi connectivity index (χ2n) is 7.51. The average molecular weight is 419 g/mol. The van der Waals surface area contributed by atoms with Crippen LogP contribution in [0.1, 0.15) is 11.3 Å². The summed E-state index contributed by atoms with van der Waals surface area (Å²) in [6, 6.07) is 12.1. The summed E-state index contributed by atoms with van der Waals surface area (Å²) < 4.78 is 1.29. The minimum absolute atomic E-state index is 0.123. The van der Waals surface area contributed by atoms with Crippen molar-refractivity contribution in [2.75, 3.05) is 41.3 Å². The largest absolute Gasteiger partial charge is 0.368 e. The zero-order valence-electron chi connectivity index (χ0n) is 17.7. The summed E-state index contributed by atoms with van der Waals surface area (Å²) >= 11 is 0. The second-order valence-corrected chi connectivity index (χ2v) is 7.51. The molecule has 9 heteroatoms. The van der Waals surface area contributed by atoms with Gasteiger partial charge in [-0.15, -0.1) is 0 Å². The van der Waals surface area contributed by atoms with E-state index in [9.17, 15) is 9.59 Å². The van der Waals surface area contributed by atoms with Gasteiger partial charge in [0.2, 0.25) is 5.91 Å². The smallest absolute Gasteiger partial charge is 0.256 e. The number of hydrogen-bond acceptors (Lipinski definition) is 7.